The molecule has 0 aromatic heterocycles. The van der Waals surface area contributed by atoms with Gasteiger partial charge in [0, 0.05) is 26.2 Å². The van der Waals surface area contributed by atoms with Gasteiger partial charge in [0.2, 0.25) is 13.6 Å². The predicted octanol–water partition coefficient (Wildman–Crippen LogP) is 2.24. The Kier molecular flexibility index (Phi) is 10.9. The molecule has 2 heterocycles. The van der Waals surface area contributed by atoms with Crippen molar-refractivity contribution in [3.63, 3.8) is 0 Å². The molecule has 2 N–H and O–H groups in total. The van der Waals surface area contributed by atoms with E-state index in [0.717, 1.165) is 48.8 Å². The third-order valence-corrected chi connectivity index (χ3v) is 6.60. The predicted molar refractivity (Wildman–Crippen MR) is 141 cm³/mol. The van der Waals surface area contributed by atoms with Crippen LogP contribution in [0.15, 0.2) is 36.4 Å². The number of likely N-dealkylation sites (N-methyl/N-ethyl adjacent to an activating group) is 1. The Morgan fingerprint density at radius 1 is 0.684 bits per heavy atom. The highest BCUT2D eigenvalue weighted by molar-refractivity contribution is 5.45. The van der Waals surface area contributed by atoms with E-state index in [1.165, 1.54) is 0 Å². The first-order valence-corrected chi connectivity index (χ1v) is 13.3. The molecule has 0 saturated heterocycles. The summed E-state index contributed by atoms with van der Waals surface area (Å²) in [5.74, 6) is 2.89. The van der Waals surface area contributed by atoms with Crippen molar-refractivity contribution in [2.24, 2.45) is 0 Å². The van der Waals surface area contributed by atoms with E-state index in [4.69, 9.17) is 28.4 Å². The Hall–Kier alpha value is -2.60. The first kappa shape index (κ1) is 28.4. The summed E-state index contributed by atoms with van der Waals surface area (Å²) in [6.07, 6.45) is -1.38. The highest BCUT2D eigenvalue weighted by atomic mass is 16.7. The topological polar surface area (TPSA) is 102 Å². The fourth-order valence-electron chi connectivity index (χ4n) is 4.47. The van der Waals surface area contributed by atoms with Crippen LogP contribution in [0, 0.1) is 0 Å². The van der Waals surface area contributed by atoms with Gasteiger partial charge in [-0.05, 0) is 48.5 Å². The maximum Gasteiger partial charge on any atom is 0.231 e. The smallest absolute Gasteiger partial charge is 0.231 e. The molecule has 2 aliphatic rings. The molecule has 2 unspecified atom stereocenters. The number of nitrogens with zero attached hydrogens (tertiary/aromatic N) is 2. The molecule has 0 fully saturated rings. The van der Waals surface area contributed by atoms with Crippen LogP contribution in [0.2, 0.25) is 0 Å². The summed E-state index contributed by atoms with van der Waals surface area (Å²) in [5, 5.41) is 21.4. The summed E-state index contributed by atoms with van der Waals surface area (Å²) >= 11 is 0. The van der Waals surface area contributed by atoms with E-state index in [1.807, 2.05) is 36.4 Å². The van der Waals surface area contributed by atoms with Gasteiger partial charge in [-0.2, -0.15) is 0 Å². The molecular formula is C28H40N2O8. The van der Waals surface area contributed by atoms with E-state index in [1.54, 1.807) is 0 Å². The van der Waals surface area contributed by atoms with Crippen LogP contribution in [-0.4, -0.2) is 98.3 Å². The first-order chi connectivity index (χ1) is 18.5. The maximum atomic E-state index is 10.7. The largest absolute Gasteiger partial charge is 0.454 e. The summed E-state index contributed by atoms with van der Waals surface area (Å²) in [4.78, 5) is 4.39. The van der Waals surface area contributed by atoms with Crippen LogP contribution in [-0.2, 0) is 22.7 Å². The number of aliphatic hydroxyl groups excluding tert-OH is 2. The van der Waals surface area contributed by atoms with Crippen LogP contribution in [0.3, 0.4) is 0 Å². The maximum absolute atomic E-state index is 10.7. The van der Waals surface area contributed by atoms with Gasteiger partial charge in [-0.1, -0.05) is 26.0 Å². The molecule has 0 bridgehead atoms. The summed E-state index contributed by atoms with van der Waals surface area (Å²) in [6.45, 7) is 10.1. The van der Waals surface area contributed by atoms with E-state index in [-0.39, 0.29) is 26.8 Å². The lowest BCUT2D eigenvalue weighted by Crippen LogP contribution is -2.44. The third kappa shape index (κ3) is 8.45. The lowest BCUT2D eigenvalue weighted by Gasteiger charge is -2.29. The third-order valence-electron chi connectivity index (χ3n) is 6.60. The molecule has 2 aliphatic heterocycles. The van der Waals surface area contributed by atoms with E-state index in [9.17, 15) is 10.2 Å². The Morgan fingerprint density at radius 3 is 1.61 bits per heavy atom. The van der Waals surface area contributed by atoms with E-state index >= 15 is 0 Å². The van der Waals surface area contributed by atoms with E-state index in [0.29, 0.717) is 37.8 Å². The number of benzene rings is 2. The summed E-state index contributed by atoms with van der Waals surface area (Å²) < 4.78 is 33.0. The molecule has 2 atom stereocenters. The van der Waals surface area contributed by atoms with E-state index in [2.05, 4.69) is 23.6 Å². The molecule has 0 saturated carbocycles. The minimum atomic E-state index is -0.692. The van der Waals surface area contributed by atoms with Gasteiger partial charge in [-0.25, -0.2) is 0 Å². The highest BCUT2D eigenvalue weighted by Crippen LogP contribution is 2.33. The molecule has 0 spiro atoms. The van der Waals surface area contributed by atoms with Crippen LogP contribution in [0.25, 0.3) is 0 Å². The van der Waals surface area contributed by atoms with Gasteiger partial charge in [0.1, 0.15) is 0 Å². The van der Waals surface area contributed by atoms with Gasteiger partial charge >= 0.3 is 0 Å². The van der Waals surface area contributed by atoms with Crippen LogP contribution in [0.4, 0.5) is 0 Å². The van der Waals surface area contributed by atoms with Gasteiger partial charge in [0.15, 0.2) is 23.0 Å². The van der Waals surface area contributed by atoms with Gasteiger partial charge in [-0.3, -0.25) is 4.90 Å². The van der Waals surface area contributed by atoms with Crippen molar-refractivity contribution in [2.75, 3.05) is 66.1 Å². The quantitative estimate of drug-likeness (QED) is 0.315. The minimum absolute atomic E-state index is 0.187. The number of hydrogen-bond acceptors (Lipinski definition) is 10. The zero-order valence-corrected chi connectivity index (χ0v) is 22.3. The second kappa shape index (κ2) is 14.5. The number of fused-ring (bicyclic) bond motifs is 2. The van der Waals surface area contributed by atoms with Gasteiger partial charge in [0.05, 0.1) is 38.6 Å². The number of hydrogen-bond donors (Lipinski definition) is 2. The van der Waals surface area contributed by atoms with Crippen LogP contribution >= 0.6 is 0 Å². The number of ether oxygens (including phenoxy) is 6. The second-order valence-corrected chi connectivity index (χ2v) is 9.50. The molecular weight excluding hydrogens is 492 g/mol. The highest BCUT2D eigenvalue weighted by Gasteiger charge is 2.19. The van der Waals surface area contributed by atoms with Gasteiger partial charge in [-0.15, -0.1) is 0 Å². The molecule has 2 aromatic rings. The fourth-order valence-corrected chi connectivity index (χ4v) is 4.47. The Labute approximate surface area is 224 Å². The summed E-state index contributed by atoms with van der Waals surface area (Å²) in [6, 6.07) is 11.4. The molecule has 10 nitrogen and oxygen atoms in total. The zero-order chi connectivity index (χ0) is 26.7. The SMILES string of the molecule is CCN(CC)CCN(CC(O)COCc1ccc2c(c1)OCO2)CC(O)COCc1ccc2c(c1)OCO2. The van der Waals surface area contributed by atoms with Crippen LogP contribution in [0.1, 0.15) is 25.0 Å². The minimum Gasteiger partial charge on any atom is -0.454 e. The van der Waals surface area contributed by atoms with Crippen LogP contribution < -0.4 is 18.9 Å². The van der Waals surface area contributed by atoms with E-state index < -0.39 is 12.2 Å². The summed E-state index contributed by atoms with van der Waals surface area (Å²) in [7, 11) is 0. The number of aliphatic hydroxyl groups is 2. The van der Waals surface area contributed by atoms with Crippen molar-refractivity contribution >= 4 is 0 Å². The number of rotatable bonds is 17. The average Bonchev–Trinajstić information content (AvgIpc) is 3.58. The van der Waals surface area contributed by atoms with Crippen molar-refractivity contribution in [1.82, 2.24) is 9.80 Å². The van der Waals surface area contributed by atoms with Crippen molar-refractivity contribution < 1.29 is 38.6 Å². The van der Waals surface area contributed by atoms with Gasteiger partial charge in [0.25, 0.3) is 0 Å². The molecule has 4 rings (SSSR count). The van der Waals surface area contributed by atoms with Crippen molar-refractivity contribution in [3.8, 4) is 23.0 Å². The van der Waals surface area contributed by atoms with Crippen molar-refractivity contribution in [3.05, 3.63) is 47.5 Å². The van der Waals surface area contributed by atoms with Crippen molar-refractivity contribution in [2.45, 2.75) is 39.3 Å². The molecule has 210 valence electrons. The Balaban J connectivity index is 1.21. The zero-order valence-electron chi connectivity index (χ0n) is 22.3. The molecule has 38 heavy (non-hydrogen) atoms. The van der Waals surface area contributed by atoms with Crippen molar-refractivity contribution in [1.29, 1.82) is 0 Å². The normalized spacial score (nSPS) is 15.4. The Morgan fingerprint density at radius 2 is 1.13 bits per heavy atom. The fraction of sp³-hybridized carbons (Fsp3) is 0.571. The monoisotopic (exact) mass is 532 g/mol. The van der Waals surface area contributed by atoms with Gasteiger partial charge < -0.3 is 43.5 Å². The standard InChI is InChI=1S/C28H40N2O8/c1-3-29(4-2)9-10-30(13-23(31)17-33-15-21-5-7-25-27(11-21)37-19-35-25)14-24(32)18-34-16-22-6-8-26-28(12-22)38-20-36-26/h5-8,11-12,23-24,31-32H,3-4,9-10,13-20H2,1-2H3. The molecule has 2 aromatic carbocycles. The lowest BCUT2D eigenvalue weighted by molar-refractivity contribution is -0.0171. The summed E-state index contributed by atoms with van der Waals surface area (Å²) in [5.41, 5.74) is 1.91. The first-order valence-electron chi connectivity index (χ1n) is 13.3. The molecule has 0 aliphatic carbocycles. The molecule has 0 radical (unpaired) electrons. The Bertz CT molecular complexity index is 931. The molecule has 0 amide bonds. The van der Waals surface area contributed by atoms with Crippen LogP contribution in [0.5, 0.6) is 23.0 Å². The lowest BCUT2D eigenvalue weighted by atomic mass is 10.2. The molecule has 10 heteroatoms. The second-order valence-electron chi connectivity index (χ2n) is 9.50. The average molecular weight is 533 g/mol.